The average Bonchev–Trinajstić information content (AvgIpc) is 2.46. The molecule has 1 aliphatic heterocycles. The predicted octanol–water partition coefficient (Wildman–Crippen LogP) is 2.78. The van der Waals surface area contributed by atoms with Crippen LogP contribution in [-0.2, 0) is 15.7 Å². The van der Waals surface area contributed by atoms with E-state index in [0.29, 0.717) is 25.2 Å². The number of hydrogen-bond donors (Lipinski definition) is 2. The Hall–Kier alpha value is -1.96. The number of halogens is 3. The number of piperazine rings is 1. The fourth-order valence-corrected chi connectivity index (χ4v) is 2.02. The largest absolute Gasteiger partial charge is 0.506 e. The average molecular weight is 348 g/mol. The number of phenols is 1. The minimum Gasteiger partial charge on any atom is -0.506 e. The second-order valence-electron chi connectivity index (χ2n) is 6.26. The molecule has 0 saturated carbocycles. The minimum absolute atomic E-state index is 0.318. The van der Waals surface area contributed by atoms with Crippen molar-refractivity contribution in [2.75, 3.05) is 31.1 Å². The summed E-state index contributed by atoms with van der Waals surface area (Å²) in [7, 11) is 0. The quantitative estimate of drug-likeness (QED) is 0.805. The number of nitrogens with one attached hydrogen (secondary N) is 1. The molecule has 5 nitrogen and oxygen atoms in total. The number of nitrogens with zero attached hydrogens (tertiary/aromatic N) is 1. The number of ether oxygens (including phenoxy) is 1. The van der Waals surface area contributed by atoms with Gasteiger partial charge in [-0.3, -0.25) is 4.79 Å². The first-order chi connectivity index (χ1) is 11.0. The number of anilines is 1. The minimum atomic E-state index is -4.42. The molecule has 24 heavy (non-hydrogen) atoms. The maximum absolute atomic E-state index is 12.4. The van der Waals surface area contributed by atoms with Gasteiger partial charge >= 0.3 is 6.18 Å². The molecule has 0 radical (unpaired) electrons. The molecule has 0 spiro atoms. The molecule has 2 rings (SSSR count). The Balaban J connectivity index is 0.000000351. The summed E-state index contributed by atoms with van der Waals surface area (Å²) in [6, 6.07) is 3.10. The first kappa shape index (κ1) is 20.1. The number of benzene rings is 1. The van der Waals surface area contributed by atoms with Gasteiger partial charge < -0.3 is 20.1 Å². The monoisotopic (exact) mass is 348 g/mol. The van der Waals surface area contributed by atoms with Gasteiger partial charge in [0.15, 0.2) is 0 Å². The highest BCUT2D eigenvalue weighted by molar-refractivity contribution is 5.59. The number of rotatable bonds is 2. The zero-order chi connectivity index (χ0) is 18.4. The molecule has 1 heterocycles. The lowest BCUT2D eigenvalue weighted by atomic mass is 10.1. The number of alkyl halides is 3. The van der Waals surface area contributed by atoms with Crippen LogP contribution < -0.4 is 10.2 Å². The van der Waals surface area contributed by atoms with Gasteiger partial charge in [-0.1, -0.05) is 0 Å². The van der Waals surface area contributed by atoms with Gasteiger partial charge in [-0.05, 0) is 39.0 Å². The molecule has 2 N–H and O–H groups in total. The van der Waals surface area contributed by atoms with Gasteiger partial charge in [-0.25, -0.2) is 0 Å². The fraction of sp³-hybridized carbons (Fsp3) is 0.562. The van der Waals surface area contributed by atoms with Crippen molar-refractivity contribution in [2.24, 2.45) is 0 Å². The van der Waals surface area contributed by atoms with Crippen molar-refractivity contribution in [1.82, 2.24) is 5.32 Å². The molecule has 0 bridgehead atoms. The maximum Gasteiger partial charge on any atom is 0.416 e. The molecule has 1 saturated heterocycles. The van der Waals surface area contributed by atoms with Crippen LogP contribution in [0.5, 0.6) is 5.75 Å². The van der Waals surface area contributed by atoms with Gasteiger partial charge in [0.05, 0.1) is 11.3 Å². The van der Waals surface area contributed by atoms with Crippen LogP contribution in [0.1, 0.15) is 26.3 Å². The summed E-state index contributed by atoms with van der Waals surface area (Å²) in [5.74, 6) is -0.318. The van der Waals surface area contributed by atoms with E-state index in [1.165, 1.54) is 6.07 Å². The maximum atomic E-state index is 12.4. The Morgan fingerprint density at radius 2 is 1.79 bits per heavy atom. The van der Waals surface area contributed by atoms with E-state index in [9.17, 15) is 23.1 Å². The van der Waals surface area contributed by atoms with Crippen molar-refractivity contribution in [3.8, 4) is 5.75 Å². The van der Waals surface area contributed by atoms with Crippen molar-refractivity contribution in [3.63, 3.8) is 0 Å². The molecule has 1 aromatic carbocycles. The zero-order valence-corrected chi connectivity index (χ0v) is 14.0. The molecule has 1 aliphatic rings. The highest BCUT2D eigenvalue weighted by Gasteiger charge is 2.31. The van der Waals surface area contributed by atoms with E-state index in [1.54, 1.807) is 0 Å². The number of phenolic OH excluding ortho intramolecular Hbond substituents is 1. The van der Waals surface area contributed by atoms with E-state index < -0.39 is 11.7 Å². The molecule has 0 unspecified atom stereocenters. The molecule has 0 atom stereocenters. The normalized spacial score (nSPS) is 15.3. The van der Waals surface area contributed by atoms with Gasteiger partial charge in [0.2, 0.25) is 0 Å². The summed E-state index contributed by atoms with van der Waals surface area (Å²) in [6.07, 6.45) is -4.42. The van der Waals surface area contributed by atoms with Crippen LogP contribution in [0.15, 0.2) is 18.2 Å². The number of carbonyl (C=O) groups is 1. The van der Waals surface area contributed by atoms with Crippen molar-refractivity contribution < 1.29 is 27.8 Å². The van der Waals surface area contributed by atoms with Crippen molar-refractivity contribution in [3.05, 3.63) is 23.8 Å². The highest BCUT2D eigenvalue weighted by Crippen LogP contribution is 2.35. The van der Waals surface area contributed by atoms with Crippen LogP contribution >= 0.6 is 0 Å². The van der Waals surface area contributed by atoms with Gasteiger partial charge in [0.25, 0.3) is 6.47 Å². The van der Waals surface area contributed by atoms with Gasteiger partial charge in [-0.2, -0.15) is 13.2 Å². The second kappa shape index (κ2) is 8.23. The third-order valence-electron chi connectivity index (χ3n) is 3.16. The topological polar surface area (TPSA) is 61.8 Å². The molecular weight excluding hydrogens is 325 g/mol. The third kappa shape index (κ3) is 6.66. The SMILES string of the molecule is CC(C)(C)OC=O.Oc1cc(C(F)(F)F)ccc1N1CCNCC1. The van der Waals surface area contributed by atoms with E-state index in [-0.39, 0.29) is 11.4 Å². The summed E-state index contributed by atoms with van der Waals surface area (Å²) in [6.45, 7) is 8.81. The summed E-state index contributed by atoms with van der Waals surface area (Å²) in [5, 5.41) is 12.8. The number of hydrogen-bond acceptors (Lipinski definition) is 5. The summed E-state index contributed by atoms with van der Waals surface area (Å²) < 4.78 is 41.8. The number of carbonyl (C=O) groups excluding carboxylic acids is 1. The van der Waals surface area contributed by atoms with E-state index >= 15 is 0 Å². The molecule has 8 heteroatoms. The summed E-state index contributed by atoms with van der Waals surface area (Å²) in [4.78, 5) is 11.5. The van der Waals surface area contributed by atoms with Gasteiger partial charge in [-0.15, -0.1) is 0 Å². The zero-order valence-electron chi connectivity index (χ0n) is 14.0. The Morgan fingerprint density at radius 3 is 2.17 bits per heavy atom. The van der Waals surface area contributed by atoms with E-state index in [1.807, 2.05) is 25.7 Å². The second-order valence-corrected chi connectivity index (χ2v) is 6.26. The van der Waals surface area contributed by atoms with Crippen molar-refractivity contribution in [2.45, 2.75) is 32.5 Å². The van der Waals surface area contributed by atoms with Gasteiger partial charge in [0.1, 0.15) is 11.4 Å². The molecule has 0 aliphatic carbocycles. The molecule has 0 aromatic heterocycles. The van der Waals surface area contributed by atoms with E-state index in [4.69, 9.17) is 0 Å². The summed E-state index contributed by atoms with van der Waals surface area (Å²) >= 11 is 0. The lowest BCUT2D eigenvalue weighted by Gasteiger charge is -2.30. The van der Waals surface area contributed by atoms with Crippen LogP contribution in [-0.4, -0.2) is 43.4 Å². The Morgan fingerprint density at radius 1 is 1.21 bits per heavy atom. The Bertz CT molecular complexity index is 536. The standard InChI is InChI=1S/C11H13F3N2O.C5H10O2/c12-11(13,14)8-1-2-9(10(17)7-8)16-5-3-15-4-6-16;1-5(2,3)7-4-6/h1-2,7,15,17H,3-6H2;4H,1-3H3. The van der Waals surface area contributed by atoms with Crippen molar-refractivity contribution in [1.29, 1.82) is 0 Å². The fourth-order valence-electron chi connectivity index (χ4n) is 2.02. The third-order valence-corrected chi connectivity index (χ3v) is 3.16. The lowest BCUT2D eigenvalue weighted by molar-refractivity contribution is -0.139. The molecule has 136 valence electrons. The van der Waals surface area contributed by atoms with Crippen LogP contribution in [0.25, 0.3) is 0 Å². The first-order valence-electron chi connectivity index (χ1n) is 7.52. The van der Waals surface area contributed by atoms with E-state index in [0.717, 1.165) is 25.2 Å². The van der Waals surface area contributed by atoms with Crippen molar-refractivity contribution >= 4 is 12.2 Å². The molecule has 0 amide bonds. The summed E-state index contributed by atoms with van der Waals surface area (Å²) in [5.41, 5.74) is -0.685. The van der Waals surface area contributed by atoms with Crippen LogP contribution in [0.4, 0.5) is 18.9 Å². The Labute approximate surface area is 139 Å². The van der Waals surface area contributed by atoms with Crippen LogP contribution in [0.2, 0.25) is 0 Å². The molecular formula is C16H23F3N2O3. The lowest BCUT2D eigenvalue weighted by Crippen LogP contribution is -2.43. The molecule has 1 fully saturated rings. The highest BCUT2D eigenvalue weighted by atomic mass is 19.4. The Kier molecular flexibility index (Phi) is 6.89. The number of aromatic hydroxyl groups is 1. The van der Waals surface area contributed by atoms with Crippen LogP contribution in [0, 0.1) is 0 Å². The smallest absolute Gasteiger partial charge is 0.416 e. The first-order valence-corrected chi connectivity index (χ1v) is 7.52. The van der Waals surface area contributed by atoms with E-state index in [2.05, 4.69) is 10.1 Å². The predicted molar refractivity (Wildman–Crippen MR) is 85.1 cm³/mol. The van der Waals surface area contributed by atoms with Gasteiger partial charge in [0, 0.05) is 26.2 Å². The molecule has 1 aromatic rings. The van der Waals surface area contributed by atoms with Crippen LogP contribution in [0.3, 0.4) is 0 Å².